The van der Waals surface area contributed by atoms with Crippen LogP contribution in [0.25, 0.3) is 0 Å². The van der Waals surface area contributed by atoms with Gasteiger partial charge < -0.3 is 5.84 Å². The molecule has 2 N–H and O–H groups in total. The first-order valence-corrected chi connectivity index (χ1v) is 9.37. The van der Waals surface area contributed by atoms with Crippen LogP contribution in [-0.4, -0.2) is 5.71 Å². The maximum atomic E-state index is 5.71. The van der Waals surface area contributed by atoms with E-state index in [1.54, 1.807) is 0 Å². The van der Waals surface area contributed by atoms with E-state index in [9.17, 15) is 0 Å². The van der Waals surface area contributed by atoms with Crippen LogP contribution in [0.4, 0.5) is 0 Å². The fraction of sp³-hybridized carbons (Fsp3) is 0.947. The van der Waals surface area contributed by atoms with E-state index in [1.165, 1.54) is 69.9 Å². The van der Waals surface area contributed by atoms with Gasteiger partial charge in [0.2, 0.25) is 0 Å². The van der Waals surface area contributed by atoms with E-state index in [4.69, 9.17) is 5.84 Å². The average molecular weight is 288 g/mol. The lowest BCUT2D eigenvalue weighted by Crippen LogP contribution is -2.52. The second kappa shape index (κ2) is 4.73. The lowest BCUT2D eigenvalue weighted by atomic mass is 9.45. The highest BCUT2D eigenvalue weighted by atomic mass is 15.1. The molecular formula is C19H32N2. The van der Waals surface area contributed by atoms with Crippen LogP contribution in [0.2, 0.25) is 0 Å². The molecule has 21 heavy (non-hydrogen) atoms. The van der Waals surface area contributed by atoms with Crippen molar-refractivity contribution in [3.63, 3.8) is 0 Å². The second-order valence-corrected chi connectivity index (χ2v) is 8.97. The van der Waals surface area contributed by atoms with Crippen LogP contribution in [0.15, 0.2) is 5.10 Å². The van der Waals surface area contributed by atoms with E-state index in [-0.39, 0.29) is 0 Å². The molecule has 0 heterocycles. The molecule has 0 aromatic heterocycles. The smallest absolute Gasteiger partial charge is 0.0437 e. The van der Waals surface area contributed by atoms with Crippen molar-refractivity contribution < 1.29 is 0 Å². The molecule has 2 nitrogen and oxygen atoms in total. The molecule has 4 saturated carbocycles. The number of hydrogen-bond donors (Lipinski definition) is 1. The Hall–Kier alpha value is -0.530. The fourth-order valence-electron chi connectivity index (χ4n) is 7.30. The summed E-state index contributed by atoms with van der Waals surface area (Å²) in [5.74, 6) is 9.57. The van der Waals surface area contributed by atoms with Crippen LogP contribution >= 0.6 is 0 Å². The molecule has 0 radical (unpaired) electrons. The van der Waals surface area contributed by atoms with E-state index < -0.39 is 0 Å². The molecule has 6 unspecified atom stereocenters. The molecule has 4 fully saturated rings. The van der Waals surface area contributed by atoms with Crippen molar-refractivity contribution in [2.75, 3.05) is 0 Å². The fourth-order valence-corrected chi connectivity index (χ4v) is 7.30. The summed E-state index contributed by atoms with van der Waals surface area (Å²) >= 11 is 0. The predicted molar refractivity (Wildman–Crippen MR) is 88.0 cm³/mol. The summed E-state index contributed by atoms with van der Waals surface area (Å²) in [4.78, 5) is 0. The molecule has 0 bridgehead atoms. The first-order chi connectivity index (χ1) is 10.1. The van der Waals surface area contributed by atoms with E-state index in [0.29, 0.717) is 10.8 Å². The Kier molecular flexibility index (Phi) is 3.17. The zero-order valence-corrected chi connectivity index (χ0v) is 13.9. The minimum absolute atomic E-state index is 0.341. The van der Waals surface area contributed by atoms with Gasteiger partial charge in [-0.25, -0.2) is 0 Å². The van der Waals surface area contributed by atoms with Crippen LogP contribution in [0.3, 0.4) is 0 Å². The molecule has 4 rings (SSSR count). The number of nitrogens with two attached hydrogens (primary N) is 1. The molecule has 0 spiro atoms. The van der Waals surface area contributed by atoms with Gasteiger partial charge in [-0.05, 0) is 80.5 Å². The zero-order chi connectivity index (χ0) is 14.7. The van der Waals surface area contributed by atoms with Gasteiger partial charge >= 0.3 is 0 Å². The van der Waals surface area contributed by atoms with Crippen molar-refractivity contribution in [3.05, 3.63) is 0 Å². The Morgan fingerprint density at radius 3 is 2.62 bits per heavy atom. The molecule has 118 valence electrons. The van der Waals surface area contributed by atoms with Gasteiger partial charge in [0, 0.05) is 11.1 Å². The largest absolute Gasteiger partial charge is 0.323 e. The maximum Gasteiger partial charge on any atom is 0.0437 e. The Morgan fingerprint density at radius 1 is 0.952 bits per heavy atom. The van der Waals surface area contributed by atoms with Crippen molar-refractivity contribution in [2.24, 2.45) is 45.4 Å². The molecule has 0 saturated heterocycles. The Labute approximate surface area is 129 Å². The van der Waals surface area contributed by atoms with E-state index >= 15 is 0 Å². The van der Waals surface area contributed by atoms with Crippen molar-refractivity contribution in [3.8, 4) is 0 Å². The Morgan fingerprint density at radius 2 is 1.81 bits per heavy atom. The highest BCUT2D eigenvalue weighted by Crippen LogP contribution is 2.65. The maximum absolute atomic E-state index is 5.71. The minimum Gasteiger partial charge on any atom is -0.323 e. The average Bonchev–Trinajstić information content (AvgIpc) is 2.83. The van der Waals surface area contributed by atoms with Gasteiger partial charge in [0.1, 0.15) is 0 Å². The molecule has 0 aromatic carbocycles. The van der Waals surface area contributed by atoms with Gasteiger partial charge in [0.15, 0.2) is 0 Å². The molecule has 2 heteroatoms. The third kappa shape index (κ3) is 1.80. The SMILES string of the molecule is CC12CCC3C(CCC4CCCCC43C)C1CCC2=NN. The van der Waals surface area contributed by atoms with Crippen molar-refractivity contribution in [1.29, 1.82) is 0 Å². The molecule has 4 aliphatic carbocycles. The topological polar surface area (TPSA) is 38.4 Å². The van der Waals surface area contributed by atoms with Crippen molar-refractivity contribution in [1.82, 2.24) is 0 Å². The van der Waals surface area contributed by atoms with Crippen LogP contribution in [0.1, 0.15) is 78.1 Å². The summed E-state index contributed by atoms with van der Waals surface area (Å²) in [6.07, 6.45) is 14.3. The van der Waals surface area contributed by atoms with E-state index in [2.05, 4.69) is 18.9 Å². The summed E-state index contributed by atoms with van der Waals surface area (Å²) < 4.78 is 0. The lowest BCUT2D eigenvalue weighted by molar-refractivity contribution is -0.0936. The summed E-state index contributed by atoms with van der Waals surface area (Å²) in [5.41, 5.74) is 2.33. The number of hydrogen-bond acceptors (Lipinski definition) is 2. The van der Waals surface area contributed by atoms with Gasteiger partial charge in [0.25, 0.3) is 0 Å². The molecule has 0 aromatic rings. The third-order valence-corrected chi connectivity index (χ3v) is 8.48. The number of hydrazone groups is 1. The third-order valence-electron chi connectivity index (χ3n) is 8.48. The van der Waals surface area contributed by atoms with Crippen LogP contribution in [-0.2, 0) is 0 Å². The molecule has 0 amide bonds. The van der Waals surface area contributed by atoms with Gasteiger partial charge in [0.05, 0.1) is 0 Å². The van der Waals surface area contributed by atoms with E-state index in [1.807, 2.05) is 0 Å². The number of nitrogens with zero attached hydrogens (tertiary/aromatic N) is 1. The zero-order valence-electron chi connectivity index (χ0n) is 13.9. The first kappa shape index (κ1) is 14.1. The van der Waals surface area contributed by atoms with Gasteiger partial charge in [-0.1, -0.05) is 26.7 Å². The standard InChI is InChI=1S/C19H32N2/c1-18-11-4-3-5-13(18)6-7-14-15-8-9-17(21-20)19(15,2)12-10-16(14)18/h13-16H,3-12,20H2,1-2H3. The van der Waals surface area contributed by atoms with Gasteiger partial charge in [-0.2, -0.15) is 5.10 Å². The van der Waals surface area contributed by atoms with Crippen LogP contribution in [0, 0.1) is 34.5 Å². The molecule has 0 aliphatic heterocycles. The Balaban J connectivity index is 1.66. The molecule has 4 aliphatic rings. The highest BCUT2D eigenvalue weighted by Gasteiger charge is 2.58. The minimum atomic E-state index is 0.341. The highest BCUT2D eigenvalue weighted by molar-refractivity contribution is 5.92. The molecule has 6 atom stereocenters. The van der Waals surface area contributed by atoms with Crippen LogP contribution < -0.4 is 5.84 Å². The second-order valence-electron chi connectivity index (χ2n) is 8.97. The first-order valence-electron chi connectivity index (χ1n) is 9.37. The normalized spacial score (nSPS) is 54.9. The summed E-state index contributed by atoms with van der Waals surface area (Å²) in [5, 5.41) is 4.20. The van der Waals surface area contributed by atoms with Gasteiger partial charge in [-0.15, -0.1) is 0 Å². The quantitative estimate of drug-likeness (QED) is 0.507. The molecular weight excluding hydrogens is 256 g/mol. The van der Waals surface area contributed by atoms with E-state index in [0.717, 1.165) is 23.7 Å². The number of rotatable bonds is 0. The van der Waals surface area contributed by atoms with Gasteiger partial charge in [-0.3, -0.25) is 0 Å². The lowest BCUT2D eigenvalue weighted by Gasteiger charge is -2.59. The summed E-state index contributed by atoms with van der Waals surface area (Å²) in [6.45, 7) is 5.13. The van der Waals surface area contributed by atoms with Crippen molar-refractivity contribution >= 4 is 5.71 Å². The van der Waals surface area contributed by atoms with Crippen LogP contribution in [0.5, 0.6) is 0 Å². The Bertz CT molecular complexity index is 456. The monoisotopic (exact) mass is 288 g/mol. The summed E-state index contributed by atoms with van der Waals surface area (Å²) in [7, 11) is 0. The summed E-state index contributed by atoms with van der Waals surface area (Å²) in [6, 6.07) is 0. The predicted octanol–water partition coefficient (Wildman–Crippen LogP) is 4.73. The van der Waals surface area contributed by atoms with Crippen molar-refractivity contribution in [2.45, 2.75) is 78.1 Å². The number of fused-ring (bicyclic) bond motifs is 5.